The fraction of sp³-hybridized carbons (Fsp3) is 0.353. The zero-order chi connectivity index (χ0) is 17.6. The monoisotopic (exact) mass is 291 g/mol. The van der Waals surface area contributed by atoms with Crippen LogP contribution in [0.15, 0.2) is 30.3 Å². The first-order valence-corrected chi connectivity index (χ1v) is 10.2. The fourth-order valence-corrected chi connectivity index (χ4v) is 3.41. The van der Waals surface area contributed by atoms with Gasteiger partial charge in [-0.2, -0.15) is 4.57 Å². The molecule has 1 aromatic carbocycles. The van der Waals surface area contributed by atoms with Crippen LogP contribution in [0.5, 0.6) is 0 Å². The van der Waals surface area contributed by atoms with E-state index in [1.165, 1.54) is 12.1 Å². The Bertz CT molecular complexity index is 749. The number of aromatic nitrogens is 1. The predicted molar refractivity (Wildman–Crippen MR) is 85.5 cm³/mol. The van der Waals surface area contributed by atoms with Crippen LogP contribution < -0.4 is 9.75 Å². The van der Waals surface area contributed by atoms with Crippen LogP contribution in [0.2, 0.25) is 19.6 Å². The summed E-state index contributed by atoms with van der Waals surface area (Å²) in [6, 6.07) is 8.48. The van der Waals surface area contributed by atoms with Gasteiger partial charge in [-0.3, -0.25) is 0 Å². The number of benzene rings is 1. The molecule has 0 aliphatic carbocycles. The van der Waals surface area contributed by atoms with Gasteiger partial charge in [0.15, 0.2) is 5.69 Å². The van der Waals surface area contributed by atoms with Crippen molar-refractivity contribution >= 4 is 13.3 Å². The van der Waals surface area contributed by atoms with Crippen molar-refractivity contribution in [3.63, 3.8) is 0 Å². The molecule has 0 radical (unpaired) electrons. The number of pyridine rings is 1. The average molecular weight is 291 g/mol. The first kappa shape index (κ1) is 11.2. The molecular weight excluding hydrogens is 265 g/mol. The van der Waals surface area contributed by atoms with Gasteiger partial charge in [0.1, 0.15) is 12.9 Å². The number of hydrogen-bond donors (Lipinski definition) is 0. The van der Waals surface area contributed by atoms with E-state index in [0.29, 0.717) is 5.69 Å². The van der Waals surface area contributed by atoms with Gasteiger partial charge >= 0.3 is 0 Å². The average Bonchev–Trinajstić information content (AvgIpc) is 2.37. The van der Waals surface area contributed by atoms with Crippen molar-refractivity contribution in [1.29, 1.82) is 0 Å². The predicted octanol–water partition coefficient (Wildman–Crippen LogP) is 3.48. The number of rotatable bonds is 2. The lowest BCUT2D eigenvalue weighted by Crippen LogP contribution is -2.44. The molecule has 2 rings (SSSR count). The van der Waals surface area contributed by atoms with Gasteiger partial charge in [0, 0.05) is 28.7 Å². The summed E-state index contributed by atoms with van der Waals surface area (Å²) in [6.45, 7) is 6.22. The maximum absolute atomic E-state index is 13.4. The van der Waals surface area contributed by atoms with Crippen LogP contribution >= 0.6 is 0 Å². The molecule has 0 bridgehead atoms. The maximum atomic E-state index is 13.4. The SMILES string of the molecule is [2H]C([2H])([2H])c1cc([Si](C)(C)C)cc(-c2ccc(F)cc2C)[n+]1C. The number of halogens is 1. The van der Waals surface area contributed by atoms with Crippen molar-refractivity contribution in [3.8, 4) is 11.3 Å². The molecule has 0 spiro atoms. The molecular formula is C17H23FNSi+. The summed E-state index contributed by atoms with van der Waals surface area (Å²) in [7, 11) is 0.0614. The first-order valence-electron chi connectivity index (χ1n) is 8.23. The van der Waals surface area contributed by atoms with E-state index in [0.717, 1.165) is 22.0 Å². The van der Waals surface area contributed by atoms with Crippen molar-refractivity contribution in [1.82, 2.24) is 0 Å². The normalized spacial score (nSPS) is 14.6. The topological polar surface area (TPSA) is 3.88 Å². The van der Waals surface area contributed by atoms with E-state index in [1.807, 2.05) is 13.0 Å². The van der Waals surface area contributed by atoms with Crippen molar-refractivity contribution in [3.05, 3.63) is 47.4 Å². The van der Waals surface area contributed by atoms with E-state index in [9.17, 15) is 4.39 Å². The molecule has 0 saturated heterocycles. The summed E-state index contributed by atoms with van der Waals surface area (Å²) in [5, 5.41) is 1.08. The molecule has 3 heteroatoms. The standard InChI is InChI=1S/C17H23FNSi/c1-12-9-14(18)7-8-16(12)17-11-15(20(4,5)6)10-13(2)19(17)3/h7-11H,1-6H3/q+1/i2D3. The first-order chi connectivity index (χ1) is 10.4. The molecule has 0 aliphatic rings. The van der Waals surface area contributed by atoms with Crippen LogP contribution in [-0.2, 0) is 7.05 Å². The minimum Gasteiger partial charge on any atom is -0.207 e. The fourth-order valence-electron chi connectivity index (χ4n) is 2.27. The van der Waals surface area contributed by atoms with Crippen molar-refractivity contribution in [2.45, 2.75) is 33.4 Å². The third-order valence-electron chi connectivity index (χ3n) is 3.64. The Morgan fingerprint density at radius 2 is 1.85 bits per heavy atom. The third kappa shape index (κ3) is 2.83. The van der Waals surface area contributed by atoms with Gasteiger partial charge in [0.05, 0.1) is 8.07 Å². The van der Waals surface area contributed by atoms with E-state index in [-0.39, 0.29) is 5.82 Å². The molecule has 106 valence electrons. The molecule has 1 heterocycles. The second kappa shape index (κ2) is 5.13. The lowest BCUT2D eigenvalue weighted by molar-refractivity contribution is -0.666. The van der Waals surface area contributed by atoms with Crippen molar-refractivity contribution in [2.75, 3.05) is 0 Å². The smallest absolute Gasteiger partial charge is 0.207 e. The van der Waals surface area contributed by atoms with E-state index in [2.05, 4.69) is 25.7 Å². The minimum absolute atomic E-state index is 0.286. The van der Waals surface area contributed by atoms with Crippen LogP contribution in [0.1, 0.15) is 15.4 Å². The van der Waals surface area contributed by atoms with Crippen molar-refractivity contribution in [2.24, 2.45) is 7.05 Å². The summed E-state index contributed by atoms with van der Waals surface area (Å²) < 4.78 is 38.6. The van der Waals surface area contributed by atoms with Crippen LogP contribution in [0.4, 0.5) is 4.39 Å². The van der Waals surface area contributed by atoms with Gasteiger partial charge in [0.2, 0.25) is 5.69 Å². The van der Waals surface area contributed by atoms with Gasteiger partial charge in [-0.1, -0.05) is 19.6 Å². The van der Waals surface area contributed by atoms with Crippen LogP contribution in [0.25, 0.3) is 11.3 Å². The highest BCUT2D eigenvalue weighted by Gasteiger charge is 2.23. The zero-order valence-corrected chi connectivity index (χ0v) is 13.7. The largest absolute Gasteiger partial charge is 0.212 e. The van der Waals surface area contributed by atoms with E-state index in [1.54, 1.807) is 17.7 Å². The van der Waals surface area contributed by atoms with Gasteiger partial charge in [-0.25, -0.2) is 4.39 Å². The number of hydrogen-bond acceptors (Lipinski definition) is 0. The zero-order valence-electron chi connectivity index (χ0n) is 15.7. The molecule has 0 fully saturated rings. The molecule has 0 atom stereocenters. The molecule has 1 aromatic heterocycles. The second-order valence-electron chi connectivity index (χ2n) is 6.28. The summed E-state index contributed by atoms with van der Waals surface area (Å²) in [5.41, 5.74) is 2.79. The Balaban J connectivity index is 2.82. The lowest BCUT2D eigenvalue weighted by Gasteiger charge is -2.18. The number of aryl methyl sites for hydroxylation is 2. The molecule has 0 unspecified atom stereocenters. The summed E-state index contributed by atoms with van der Waals surface area (Å²) in [6.07, 6.45) is 0. The molecule has 0 saturated carbocycles. The van der Waals surface area contributed by atoms with Gasteiger partial charge < -0.3 is 0 Å². The Kier molecular flexibility index (Phi) is 2.88. The molecule has 20 heavy (non-hydrogen) atoms. The van der Waals surface area contributed by atoms with Gasteiger partial charge in [0.25, 0.3) is 0 Å². The number of nitrogens with zero attached hydrogens (tertiary/aromatic N) is 1. The maximum Gasteiger partial charge on any atom is 0.212 e. The summed E-state index contributed by atoms with van der Waals surface area (Å²) in [4.78, 5) is 0. The summed E-state index contributed by atoms with van der Waals surface area (Å²) in [5.74, 6) is -0.286. The Morgan fingerprint density at radius 1 is 1.15 bits per heavy atom. The van der Waals surface area contributed by atoms with E-state index in [4.69, 9.17) is 4.11 Å². The van der Waals surface area contributed by atoms with Crippen LogP contribution in [-0.4, -0.2) is 8.07 Å². The highest BCUT2D eigenvalue weighted by atomic mass is 28.3. The minimum atomic E-state index is -2.19. The Labute approximate surface area is 126 Å². The second-order valence-corrected chi connectivity index (χ2v) is 11.4. The quantitative estimate of drug-likeness (QED) is 0.589. The lowest BCUT2D eigenvalue weighted by atomic mass is 10.0. The molecule has 0 amide bonds. The van der Waals surface area contributed by atoms with Gasteiger partial charge in [-0.05, 0) is 35.9 Å². The highest BCUT2D eigenvalue weighted by Crippen LogP contribution is 2.21. The molecule has 0 aliphatic heterocycles. The van der Waals surface area contributed by atoms with Crippen LogP contribution in [0.3, 0.4) is 0 Å². The summed E-state index contributed by atoms with van der Waals surface area (Å²) >= 11 is 0. The van der Waals surface area contributed by atoms with E-state index < -0.39 is 14.9 Å². The molecule has 0 N–H and O–H groups in total. The molecule has 2 aromatic rings. The van der Waals surface area contributed by atoms with Gasteiger partial charge in [-0.15, -0.1) is 0 Å². The third-order valence-corrected chi connectivity index (χ3v) is 5.66. The Hall–Kier alpha value is -1.48. The van der Waals surface area contributed by atoms with Crippen molar-refractivity contribution < 1.29 is 13.1 Å². The van der Waals surface area contributed by atoms with Crippen LogP contribution in [0, 0.1) is 19.6 Å². The molecule has 1 nitrogen and oxygen atoms in total. The highest BCUT2D eigenvalue weighted by molar-refractivity contribution is 6.88. The van der Waals surface area contributed by atoms with E-state index >= 15 is 0 Å². The Morgan fingerprint density at radius 3 is 2.40 bits per heavy atom.